The van der Waals surface area contributed by atoms with Gasteiger partial charge in [-0.25, -0.2) is 0 Å². The van der Waals surface area contributed by atoms with Crippen molar-refractivity contribution in [2.24, 2.45) is 0 Å². The molecule has 0 fully saturated rings. The second-order valence-electron chi connectivity index (χ2n) is 3.77. The number of hydrogen-bond donors (Lipinski definition) is 0. The Morgan fingerprint density at radius 2 is 1.33 bits per heavy atom. The van der Waals surface area contributed by atoms with Crippen LogP contribution in [0.15, 0.2) is 66.0 Å². The van der Waals surface area contributed by atoms with E-state index in [-0.39, 0.29) is 0 Å². The SMILES string of the molecule is c1ccc(N(c2ccccc2)c2csnn2)cc1. The first-order chi connectivity index (χ1) is 8.95. The molecule has 88 valence electrons. The highest BCUT2D eigenvalue weighted by molar-refractivity contribution is 7.03. The molecule has 3 aromatic rings. The first kappa shape index (κ1) is 10.9. The van der Waals surface area contributed by atoms with Gasteiger partial charge in [-0.15, -0.1) is 5.10 Å². The van der Waals surface area contributed by atoms with Crippen molar-refractivity contribution < 1.29 is 0 Å². The van der Waals surface area contributed by atoms with Crippen LogP contribution in [-0.4, -0.2) is 9.59 Å². The van der Waals surface area contributed by atoms with E-state index in [1.165, 1.54) is 11.5 Å². The predicted molar refractivity (Wildman–Crippen MR) is 74.6 cm³/mol. The van der Waals surface area contributed by atoms with E-state index in [0.717, 1.165) is 17.2 Å². The molecule has 0 aliphatic heterocycles. The summed E-state index contributed by atoms with van der Waals surface area (Å²) in [4.78, 5) is 2.09. The van der Waals surface area contributed by atoms with Crippen molar-refractivity contribution in [1.29, 1.82) is 0 Å². The fourth-order valence-corrected chi connectivity index (χ4v) is 2.25. The predicted octanol–water partition coefficient (Wildman–Crippen LogP) is 4.01. The summed E-state index contributed by atoms with van der Waals surface area (Å²) >= 11 is 1.35. The molecule has 18 heavy (non-hydrogen) atoms. The Hall–Kier alpha value is -2.20. The summed E-state index contributed by atoms with van der Waals surface area (Å²) < 4.78 is 3.94. The largest absolute Gasteiger partial charge is 0.293 e. The second kappa shape index (κ2) is 4.98. The van der Waals surface area contributed by atoms with Gasteiger partial charge in [-0.1, -0.05) is 40.9 Å². The van der Waals surface area contributed by atoms with Gasteiger partial charge in [0.05, 0.1) is 5.38 Å². The zero-order valence-corrected chi connectivity index (χ0v) is 10.4. The molecule has 0 N–H and O–H groups in total. The summed E-state index contributed by atoms with van der Waals surface area (Å²) in [5.41, 5.74) is 2.16. The van der Waals surface area contributed by atoms with Gasteiger partial charge >= 0.3 is 0 Å². The maximum absolute atomic E-state index is 4.16. The van der Waals surface area contributed by atoms with E-state index in [4.69, 9.17) is 0 Å². The standard InChI is InChI=1S/C14H11N3S/c1-3-7-12(8-4-1)17(14-11-18-16-15-14)13-9-5-2-6-10-13/h1-11H. The van der Waals surface area contributed by atoms with Gasteiger partial charge in [0.1, 0.15) is 0 Å². The molecular weight excluding hydrogens is 242 g/mol. The van der Waals surface area contributed by atoms with Crippen molar-refractivity contribution in [3.63, 3.8) is 0 Å². The lowest BCUT2D eigenvalue weighted by Crippen LogP contribution is -2.09. The Morgan fingerprint density at radius 3 is 1.78 bits per heavy atom. The minimum Gasteiger partial charge on any atom is -0.293 e. The van der Waals surface area contributed by atoms with E-state index >= 15 is 0 Å². The van der Waals surface area contributed by atoms with Gasteiger partial charge < -0.3 is 0 Å². The highest BCUT2D eigenvalue weighted by atomic mass is 32.1. The van der Waals surface area contributed by atoms with Gasteiger partial charge in [-0.3, -0.25) is 4.90 Å². The zero-order chi connectivity index (χ0) is 12.2. The Bertz CT molecular complexity index is 554. The van der Waals surface area contributed by atoms with Crippen LogP contribution in [0.4, 0.5) is 17.2 Å². The third-order valence-corrected chi connectivity index (χ3v) is 3.10. The minimum atomic E-state index is 0.845. The number of benzene rings is 2. The molecule has 0 bridgehead atoms. The quantitative estimate of drug-likeness (QED) is 0.706. The highest BCUT2D eigenvalue weighted by Crippen LogP contribution is 2.32. The molecule has 2 aromatic carbocycles. The monoisotopic (exact) mass is 253 g/mol. The van der Waals surface area contributed by atoms with Crippen LogP contribution in [0.5, 0.6) is 0 Å². The number of anilines is 3. The lowest BCUT2D eigenvalue weighted by molar-refractivity contribution is 1.10. The maximum atomic E-state index is 4.16. The maximum Gasteiger partial charge on any atom is 0.172 e. The van der Waals surface area contributed by atoms with Crippen LogP contribution in [0.1, 0.15) is 0 Å². The summed E-state index contributed by atoms with van der Waals surface area (Å²) in [6.45, 7) is 0. The number of nitrogens with zero attached hydrogens (tertiary/aromatic N) is 3. The van der Waals surface area contributed by atoms with Crippen molar-refractivity contribution in [2.75, 3.05) is 4.90 Å². The lowest BCUT2D eigenvalue weighted by atomic mass is 10.2. The molecule has 1 aromatic heterocycles. The van der Waals surface area contributed by atoms with Gasteiger partial charge in [0, 0.05) is 11.4 Å². The fraction of sp³-hybridized carbons (Fsp3) is 0. The Labute approximate surface area is 109 Å². The fourth-order valence-electron chi connectivity index (χ4n) is 1.82. The molecule has 0 amide bonds. The molecule has 0 saturated carbocycles. The first-order valence-corrected chi connectivity index (χ1v) is 6.46. The molecule has 0 aliphatic carbocycles. The van der Waals surface area contributed by atoms with Crippen LogP contribution in [0.3, 0.4) is 0 Å². The average molecular weight is 253 g/mol. The van der Waals surface area contributed by atoms with Crippen LogP contribution in [0, 0.1) is 0 Å². The van der Waals surface area contributed by atoms with Crippen LogP contribution in [0.25, 0.3) is 0 Å². The number of aromatic nitrogens is 2. The molecule has 4 heteroatoms. The third kappa shape index (κ3) is 2.10. The van der Waals surface area contributed by atoms with Crippen LogP contribution in [-0.2, 0) is 0 Å². The normalized spacial score (nSPS) is 10.2. The van der Waals surface area contributed by atoms with E-state index in [0.29, 0.717) is 0 Å². The number of rotatable bonds is 3. The van der Waals surface area contributed by atoms with Crippen LogP contribution < -0.4 is 4.90 Å². The van der Waals surface area contributed by atoms with Gasteiger partial charge in [-0.2, -0.15) is 0 Å². The topological polar surface area (TPSA) is 29.0 Å². The summed E-state index contributed by atoms with van der Waals surface area (Å²) in [6, 6.07) is 20.3. The summed E-state index contributed by atoms with van der Waals surface area (Å²) in [6.07, 6.45) is 0. The highest BCUT2D eigenvalue weighted by Gasteiger charge is 2.13. The van der Waals surface area contributed by atoms with Crippen molar-refractivity contribution in [3.05, 3.63) is 66.0 Å². The molecular formula is C14H11N3S. The van der Waals surface area contributed by atoms with Crippen molar-refractivity contribution in [1.82, 2.24) is 9.59 Å². The zero-order valence-electron chi connectivity index (χ0n) is 9.60. The molecule has 3 nitrogen and oxygen atoms in total. The van der Waals surface area contributed by atoms with Gasteiger partial charge in [0.25, 0.3) is 0 Å². The molecule has 0 atom stereocenters. The van der Waals surface area contributed by atoms with E-state index in [1.807, 2.05) is 41.8 Å². The molecule has 1 heterocycles. The number of para-hydroxylation sites is 2. The van der Waals surface area contributed by atoms with E-state index in [1.54, 1.807) is 0 Å². The summed E-state index contributed by atoms with van der Waals surface area (Å²) in [5.74, 6) is 0.845. The van der Waals surface area contributed by atoms with Crippen molar-refractivity contribution >= 4 is 28.7 Å². The van der Waals surface area contributed by atoms with Gasteiger partial charge in [0.2, 0.25) is 0 Å². The van der Waals surface area contributed by atoms with Crippen LogP contribution in [0.2, 0.25) is 0 Å². The summed E-state index contributed by atoms with van der Waals surface area (Å²) in [5, 5.41) is 6.11. The minimum absolute atomic E-state index is 0.845. The third-order valence-electron chi connectivity index (χ3n) is 2.61. The molecule has 0 aliphatic rings. The van der Waals surface area contributed by atoms with E-state index < -0.39 is 0 Å². The van der Waals surface area contributed by atoms with E-state index in [2.05, 4.69) is 38.8 Å². The van der Waals surface area contributed by atoms with Crippen molar-refractivity contribution in [3.8, 4) is 0 Å². The second-order valence-corrected chi connectivity index (χ2v) is 4.38. The first-order valence-electron chi connectivity index (χ1n) is 5.62. The average Bonchev–Trinajstić information content (AvgIpc) is 2.95. The Balaban J connectivity index is 2.11. The molecule has 3 rings (SSSR count). The Kier molecular flexibility index (Phi) is 3.02. The molecule has 0 unspecified atom stereocenters. The smallest absolute Gasteiger partial charge is 0.172 e. The Morgan fingerprint density at radius 1 is 0.778 bits per heavy atom. The lowest BCUT2D eigenvalue weighted by Gasteiger charge is -2.21. The molecule has 0 saturated heterocycles. The van der Waals surface area contributed by atoms with E-state index in [9.17, 15) is 0 Å². The van der Waals surface area contributed by atoms with Crippen molar-refractivity contribution in [2.45, 2.75) is 0 Å². The molecule has 0 spiro atoms. The number of hydrogen-bond acceptors (Lipinski definition) is 4. The van der Waals surface area contributed by atoms with Gasteiger partial charge in [-0.05, 0) is 35.8 Å². The van der Waals surface area contributed by atoms with Gasteiger partial charge in [0.15, 0.2) is 5.82 Å². The van der Waals surface area contributed by atoms with Crippen LogP contribution >= 0.6 is 11.5 Å². The summed E-state index contributed by atoms with van der Waals surface area (Å²) in [7, 11) is 0. The molecule has 0 radical (unpaired) electrons.